The fourth-order valence-electron chi connectivity index (χ4n) is 9.36. The van der Waals surface area contributed by atoms with Crippen molar-refractivity contribution in [3.63, 3.8) is 0 Å². The Morgan fingerprint density at radius 2 is 1.73 bits per heavy atom. The first-order chi connectivity index (χ1) is 21.1. The first kappa shape index (κ1) is 32.2. The van der Waals surface area contributed by atoms with Gasteiger partial charge in [0.25, 0.3) is 0 Å². The van der Waals surface area contributed by atoms with E-state index in [1.807, 2.05) is 0 Å². The molecule has 0 aromatic heterocycles. The lowest BCUT2D eigenvalue weighted by molar-refractivity contribution is -0.296. The van der Waals surface area contributed by atoms with Gasteiger partial charge in [-0.15, -0.1) is 0 Å². The summed E-state index contributed by atoms with van der Waals surface area (Å²) in [5, 5.41) is 64.2. The fraction of sp³-hybridized carbons (Fsp3) is 0.793. The summed E-state index contributed by atoms with van der Waals surface area (Å²) in [6.45, 7) is 3.33. The van der Waals surface area contributed by atoms with Crippen LogP contribution in [0.25, 0.3) is 0 Å². The molecule has 0 amide bonds. The quantitative estimate of drug-likeness (QED) is 0.127. The molecule has 2 bridgehead atoms. The van der Waals surface area contributed by atoms with Crippen LogP contribution in [-0.2, 0) is 47.6 Å². The summed E-state index contributed by atoms with van der Waals surface area (Å²) >= 11 is 0. The van der Waals surface area contributed by atoms with E-state index in [2.05, 4.69) is 0 Å². The van der Waals surface area contributed by atoms with E-state index in [0.29, 0.717) is 0 Å². The molecule has 3 aliphatic carbocycles. The molecule has 45 heavy (non-hydrogen) atoms. The van der Waals surface area contributed by atoms with Crippen LogP contribution in [0.1, 0.15) is 27.2 Å². The van der Waals surface area contributed by atoms with Crippen molar-refractivity contribution in [1.82, 2.24) is 0 Å². The number of aliphatic hydroxyl groups excluding tert-OH is 6. The van der Waals surface area contributed by atoms with E-state index >= 15 is 0 Å². The first-order valence-electron chi connectivity index (χ1n) is 14.8. The van der Waals surface area contributed by atoms with Gasteiger partial charge in [-0.25, -0.2) is 9.59 Å². The summed E-state index contributed by atoms with van der Waals surface area (Å²) in [7, 11) is 1.05. The molecule has 0 radical (unpaired) electrons. The highest BCUT2D eigenvalue weighted by Gasteiger charge is 2.85. The third kappa shape index (κ3) is 4.06. The Hall–Kier alpha value is -2.70. The summed E-state index contributed by atoms with van der Waals surface area (Å²) in [4.78, 5) is 52.7. The standard InChI is InChI=1S/C29H38O16/c1-9-11-5-14-28-8-41-29(26(39)40-4,22(28)20(24(38)45-14)42-10(2)31)23(37)19(36)21(28)27(11,3)6-12(15(9)32)43-25-18(35)17(34)16(33)13(7-30)44-25/h6,9,11,13-14,16-23,25,30,33-37H,5,7-8H2,1-4H3/t9-,11-,13+,14+,16+,17-,18+,19+,20+,21+,22+,23-,25+,27-,28+,29+/m0/s1. The molecule has 2 saturated carbocycles. The lowest BCUT2D eigenvalue weighted by atomic mass is 9.38. The minimum atomic E-state index is -2.30. The number of fused-ring (bicyclic) bond motifs is 2. The van der Waals surface area contributed by atoms with Crippen molar-refractivity contribution in [2.24, 2.45) is 34.5 Å². The Kier molecular flexibility index (Phi) is 7.64. The Labute approximate surface area is 256 Å². The Morgan fingerprint density at radius 3 is 2.36 bits per heavy atom. The maximum Gasteiger partial charge on any atom is 0.348 e. The first-order valence-corrected chi connectivity index (χ1v) is 14.8. The van der Waals surface area contributed by atoms with Gasteiger partial charge < -0.3 is 59.1 Å². The molecule has 6 N–H and O–H groups in total. The molecule has 3 saturated heterocycles. The second-order valence-electron chi connectivity index (χ2n) is 13.2. The van der Waals surface area contributed by atoms with E-state index in [1.165, 1.54) is 6.08 Å². The number of carbonyl (C=O) groups is 4. The number of Topliss-reactive ketones (excluding diaryl/α,β-unsaturated/α-hetero) is 1. The van der Waals surface area contributed by atoms with Crippen LogP contribution in [0.2, 0.25) is 0 Å². The molecule has 16 heteroatoms. The number of carbonyl (C=O) groups excluding carboxylic acids is 4. The van der Waals surface area contributed by atoms with Gasteiger partial charge in [0.2, 0.25) is 18.0 Å². The molecular formula is C29H38O16. The molecule has 6 aliphatic rings. The highest BCUT2D eigenvalue weighted by molar-refractivity contribution is 5.96. The molecule has 0 aromatic carbocycles. The Balaban J connectivity index is 1.49. The van der Waals surface area contributed by atoms with Crippen LogP contribution in [0, 0.1) is 34.5 Å². The van der Waals surface area contributed by atoms with Crippen molar-refractivity contribution in [1.29, 1.82) is 0 Å². The number of aliphatic hydroxyl groups is 6. The van der Waals surface area contributed by atoms with Crippen molar-refractivity contribution in [2.75, 3.05) is 20.3 Å². The van der Waals surface area contributed by atoms with Gasteiger partial charge in [0.05, 0.1) is 32.3 Å². The minimum absolute atomic E-state index is 0.0577. The van der Waals surface area contributed by atoms with Crippen LogP contribution in [0.4, 0.5) is 0 Å². The van der Waals surface area contributed by atoms with Crippen LogP contribution in [0.5, 0.6) is 0 Å². The molecule has 3 aliphatic heterocycles. The maximum absolute atomic E-state index is 13.7. The average molecular weight is 643 g/mol. The molecule has 0 unspecified atom stereocenters. The zero-order valence-corrected chi connectivity index (χ0v) is 25.0. The Morgan fingerprint density at radius 1 is 1.04 bits per heavy atom. The van der Waals surface area contributed by atoms with E-state index in [1.54, 1.807) is 13.8 Å². The van der Waals surface area contributed by atoms with Crippen LogP contribution in [-0.4, -0.2) is 135 Å². The largest absolute Gasteiger partial charge is 0.467 e. The zero-order chi connectivity index (χ0) is 33.0. The van der Waals surface area contributed by atoms with Gasteiger partial charge in [-0.05, 0) is 23.8 Å². The second kappa shape index (κ2) is 10.7. The van der Waals surface area contributed by atoms with Crippen LogP contribution < -0.4 is 0 Å². The molecule has 0 aromatic rings. The third-order valence-corrected chi connectivity index (χ3v) is 11.2. The third-order valence-electron chi connectivity index (χ3n) is 11.2. The monoisotopic (exact) mass is 642 g/mol. The second-order valence-corrected chi connectivity index (χ2v) is 13.2. The van der Waals surface area contributed by atoms with Gasteiger partial charge in [0, 0.05) is 24.2 Å². The highest BCUT2D eigenvalue weighted by atomic mass is 16.7. The van der Waals surface area contributed by atoms with E-state index < -0.39 is 126 Å². The lowest BCUT2D eigenvalue weighted by Crippen LogP contribution is -2.79. The molecular weight excluding hydrogens is 604 g/mol. The summed E-state index contributed by atoms with van der Waals surface area (Å²) in [5.74, 6) is -7.70. The summed E-state index contributed by atoms with van der Waals surface area (Å²) in [5.41, 5.74) is -5.00. The van der Waals surface area contributed by atoms with Crippen molar-refractivity contribution < 1.29 is 78.2 Å². The predicted molar refractivity (Wildman–Crippen MR) is 141 cm³/mol. The van der Waals surface area contributed by atoms with Gasteiger partial charge in [-0.2, -0.15) is 0 Å². The number of ketones is 1. The molecule has 16 atom stereocenters. The maximum atomic E-state index is 13.7. The predicted octanol–water partition coefficient (Wildman–Crippen LogP) is -3.31. The van der Waals surface area contributed by atoms with E-state index in [4.69, 9.17) is 28.4 Å². The number of hydrogen-bond acceptors (Lipinski definition) is 16. The molecule has 1 spiro atoms. The minimum Gasteiger partial charge on any atom is -0.467 e. The molecule has 3 heterocycles. The van der Waals surface area contributed by atoms with Gasteiger partial charge in [-0.3, -0.25) is 9.59 Å². The van der Waals surface area contributed by atoms with Gasteiger partial charge in [-0.1, -0.05) is 13.8 Å². The smallest absolute Gasteiger partial charge is 0.348 e. The van der Waals surface area contributed by atoms with E-state index in [0.717, 1.165) is 14.0 Å². The van der Waals surface area contributed by atoms with Crippen LogP contribution in [0.3, 0.4) is 0 Å². The van der Waals surface area contributed by atoms with Gasteiger partial charge in [0.1, 0.15) is 36.6 Å². The van der Waals surface area contributed by atoms with Crippen LogP contribution in [0.15, 0.2) is 11.8 Å². The van der Waals surface area contributed by atoms with E-state index in [-0.39, 0.29) is 18.8 Å². The normalized spacial score (nSPS) is 51.7. The van der Waals surface area contributed by atoms with E-state index in [9.17, 15) is 49.8 Å². The SMILES string of the molecule is COC(=O)[C@]12OC[C@]34[C@H]([C@@H](O)[C@@H]1O)[C@@]1(C)C=C(O[C@@H]5O[C@H](CO)[C@@H](O)[C@H](O)[C@H]5O)C(=O)[C@@H](C)[C@@H]1C[C@H]3OC(=O)[C@H](OC(C)=O)[C@@H]24. The number of rotatable bonds is 5. The van der Waals surface area contributed by atoms with Gasteiger partial charge >= 0.3 is 17.9 Å². The van der Waals surface area contributed by atoms with Crippen LogP contribution >= 0.6 is 0 Å². The molecule has 16 nitrogen and oxygen atoms in total. The van der Waals surface area contributed by atoms with Crippen molar-refractivity contribution in [3.8, 4) is 0 Å². The molecule has 6 rings (SSSR count). The van der Waals surface area contributed by atoms with Gasteiger partial charge in [0.15, 0.2) is 11.5 Å². The highest BCUT2D eigenvalue weighted by Crippen LogP contribution is 2.72. The number of allylic oxidation sites excluding steroid dienone is 2. The lowest BCUT2D eigenvalue weighted by Gasteiger charge is -2.67. The van der Waals surface area contributed by atoms with Crippen molar-refractivity contribution in [3.05, 3.63) is 11.8 Å². The number of ether oxygens (including phenoxy) is 6. The summed E-state index contributed by atoms with van der Waals surface area (Å²) in [6, 6.07) is 0. The summed E-state index contributed by atoms with van der Waals surface area (Å²) in [6.07, 6.45) is -13.2. The number of hydrogen-bond donors (Lipinski definition) is 6. The average Bonchev–Trinajstić information content (AvgIpc) is 3.30. The zero-order valence-electron chi connectivity index (χ0n) is 25.0. The molecule has 5 fully saturated rings. The Bertz CT molecular complexity index is 1310. The molecule has 250 valence electrons. The number of esters is 3. The van der Waals surface area contributed by atoms with Crippen molar-refractivity contribution in [2.45, 2.75) is 87.9 Å². The topological polar surface area (TPSA) is 245 Å². The number of methoxy groups -OCH3 is 1. The van der Waals surface area contributed by atoms with Crippen molar-refractivity contribution >= 4 is 23.7 Å². The fourth-order valence-corrected chi connectivity index (χ4v) is 9.36. The summed E-state index contributed by atoms with van der Waals surface area (Å²) < 4.78 is 33.6.